The summed E-state index contributed by atoms with van der Waals surface area (Å²) in [6.07, 6.45) is 3.86. The number of carbonyl (C=O) groups is 1. The highest BCUT2D eigenvalue weighted by molar-refractivity contribution is 5.98. The molecule has 5 heteroatoms. The van der Waals surface area contributed by atoms with E-state index in [9.17, 15) is 14.9 Å². The Balaban J connectivity index is 1.89. The highest BCUT2D eigenvalue weighted by Crippen LogP contribution is 2.40. The number of ketones is 1. The zero-order chi connectivity index (χ0) is 14.3. The molecule has 20 heavy (non-hydrogen) atoms. The molecule has 0 radical (unpaired) electrons. The number of anilines is 1. The number of nitrogens with zero attached hydrogens (tertiary/aromatic N) is 2. The average Bonchev–Trinajstić information content (AvgIpc) is 2.98. The van der Waals surface area contributed by atoms with Crippen molar-refractivity contribution in [1.29, 1.82) is 0 Å². The van der Waals surface area contributed by atoms with Gasteiger partial charge >= 0.3 is 0 Å². The lowest BCUT2D eigenvalue weighted by Crippen LogP contribution is -2.21. The highest BCUT2D eigenvalue weighted by atomic mass is 16.6. The topological polar surface area (TPSA) is 63.5 Å². The lowest BCUT2D eigenvalue weighted by atomic mass is 10.0. The number of rotatable bonds is 3. The number of nitro benzene ring substituents is 1. The van der Waals surface area contributed by atoms with E-state index in [1.54, 1.807) is 12.1 Å². The van der Waals surface area contributed by atoms with Crippen molar-refractivity contribution in [3.8, 4) is 0 Å². The molecule has 0 spiro atoms. The standard InChI is InChI=1S/C15H18N2O3/c1-10(18)14-6-5-13(7-15(14)17(19)20)16-8-11-3-2-4-12(11)9-16/h5-7,11-12H,2-4,8-9H2,1H3. The van der Waals surface area contributed by atoms with Crippen LogP contribution in [0.4, 0.5) is 11.4 Å². The minimum atomic E-state index is -0.461. The van der Waals surface area contributed by atoms with Crippen LogP contribution in [0.25, 0.3) is 0 Å². The Bertz CT molecular complexity index is 558. The summed E-state index contributed by atoms with van der Waals surface area (Å²) in [5.74, 6) is 1.21. The van der Waals surface area contributed by atoms with Gasteiger partial charge in [0.15, 0.2) is 5.78 Å². The summed E-state index contributed by atoms with van der Waals surface area (Å²) in [4.78, 5) is 24.3. The van der Waals surface area contributed by atoms with Gasteiger partial charge in [0, 0.05) is 24.8 Å². The summed E-state index contributed by atoms with van der Waals surface area (Å²) in [5, 5.41) is 11.1. The van der Waals surface area contributed by atoms with Crippen LogP contribution >= 0.6 is 0 Å². The second-order valence-electron chi connectivity index (χ2n) is 5.87. The number of hydrogen-bond donors (Lipinski definition) is 0. The molecule has 1 aromatic rings. The minimum Gasteiger partial charge on any atom is -0.371 e. The van der Waals surface area contributed by atoms with Crippen LogP contribution in [0, 0.1) is 22.0 Å². The number of fused-ring (bicyclic) bond motifs is 1. The molecular formula is C15H18N2O3. The predicted octanol–water partition coefficient (Wildman–Crippen LogP) is 3.03. The van der Waals surface area contributed by atoms with Gasteiger partial charge in [0.2, 0.25) is 0 Å². The molecule has 2 unspecified atom stereocenters. The van der Waals surface area contributed by atoms with Crippen molar-refractivity contribution < 1.29 is 9.72 Å². The van der Waals surface area contributed by atoms with Crippen LogP contribution in [0.2, 0.25) is 0 Å². The number of nitro groups is 1. The van der Waals surface area contributed by atoms with Crippen molar-refractivity contribution >= 4 is 17.2 Å². The lowest BCUT2D eigenvalue weighted by molar-refractivity contribution is -0.385. The van der Waals surface area contributed by atoms with E-state index >= 15 is 0 Å². The quantitative estimate of drug-likeness (QED) is 0.483. The summed E-state index contributed by atoms with van der Waals surface area (Å²) in [5.41, 5.74) is 0.987. The Morgan fingerprint density at radius 2 is 1.95 bits per heavy atom. The molecule has 1 aromatic carbocycles. The third-order valence-electron chi connectivity index (χ3n) is 4.65. The summed E-state index contributed by atoms with van der Waals surface area (Å²) in [7, 11) is 0. The molecule has 1 saturated heterocycles. The lowest BCUT2D eigenvalue weighted by Gasteiger charge is -2.19. The molecule has 0 amide bonds. The first-order valence-electron chi connectivity index (χ1n) is 7.10. The molecule has 0 bridgehead atoms. The third-order valence-corrected chi connectivity index (χ3v) is 4.65. The van der Waals surface area contributed by atoms with Crippen LogP contribution in [-0.2, 0) is 0 Å². The van der Waals surface area contributed by atoms with Gasteiger partial charge in [-0.15, -0.1) is 0 Å². The maximum atomic E-state index is 11.4. The second kappa shape index (κ2) is 4.89. The van der Waals surface area contributed by atoms with E-state index in [1.165, 1.54) is 26.2 Å². The summed E-state index contributed by atoms with van der Waals surface area (Å²) in [6.45, 7) is 3.34. The van der Waals surface area contributed by atoms with Gasteiger partial charge in [0.05, 0.1) is 10.5 Å². The van der Waals surface area contributed by atoms with Crippen molar-refractivity contribution in [2.75, 3.05) is 18.0 Å². The van der Waals surface area contributed by atoms with Gasteiger partial charge in [-0.2, -0.15) is 0 Å². The van der Waals surface area contributed by atoms with Crippen LogP contribution in [0.1, 0.15) is 36.5 Å². The van der Waals surface area contributed by atoms with Crippen LogP contribution in [0.5, 0.6) is 0 Å². The molecule has 3 rings (SSSR count). The molecule has 1 saturated carbocycles. The van der Waals surface area contributed by atoms with Gasteiger partial charge in [0.1, 0.15) is 0 Å². The van der Waals surface area contributed by atoms with Crippen LogP contribution in [-0.4, -0.2) is 23.8 Å². The van der Waals surface area contributed by atoms with Crippen molar-refractivity contribution in [2.24, 2.45) is 11.8 Å². The highest BCUT2D eigenvalue weighted by Gasteiger charge is 2.36. The Labute approximate surface area is 117 Å². The fraction of sp³-hybridized carbons (Fsp3) is 0.533. The fourth-order valence-corrected chi connectivity index (χ4v) is 3.61. The Morgan fingerprint density at radius 1 is 1.30 bits per heavy atom. The van der Waals surface area contributed by atoms with Crippen molar-refractivity contribution in [2.45, 2.75) is 26.2 Å². The molecule has 2 atom stereocenters. The van der Waals surface area contributed by atoms with Crippen LogP contribution in [0.3, 0.4) is 0 Å². The van der Waals surface area contributed by atoms with Gasteiger partial charge in [-0.25, -0.2) is 0 Å². The van der Waals surface area contributed by atoms with E-state index in [2.05, 4.69) is 4.90 Å². The maximum Gasteiger partial charge on any atom is 0.282 e. The molecule has 106 valence electrons. The van der Waals surface area contributed by atoms with E-state index in [4.69, 9.17) is 0 Å². The normalized spacial score (nSPS) is 24.8. The van der Waals surface area contributed by atoms with Crippen LogP contribution < -0.4 is 4.90 Å². The summed E-state index contributed by atoms with van der Waals surface area (Å²) in [6, 6.07) is 4.98. The van der Waals surface area contributed by atoms with E-state index in [-0.39, 0.29) is 17.0 Å². The first-order chi connectivity index (χ1) is 9.56. The van der Waals surface area contributed by atoms with Gasteiger partial charge < -0.3 is 4.90 Å². The van der Waals surface area contributed by atoms with Crippen LogP contribution in [0.15, 0.2) is 18.2 Å². The molecule has 0 aromatic heterocycles. The smallest absolute Gasteiger partial charge is 0.282 e. The molecule has 0 N–H and O–H groups in total. The Morgan fingerprint density at radius 3 is 2.50 bits per heavy atom. The predicted molar refractivity (Wildman–Crippen MR) is 76.1 cm³/mol. The van der Waals surface area contributed by atoms with Crippen molar-refractivity contribution in [3.05, 3.63) is 33.9 Å². The molecule has 1 aliphatic heterocycles. The SMILES string of the molecule is CC(=O)c1ccc(N2CC3CCCC3C2)cc1[N+](=O)[O-]. The average molecular weight is 274 g/mol. The summed E-state index contributed by atoms with van der Waals surface area (Å²) >= 11 is 0. The molecular weight excluding hydrogens is 256 g/mol. The molecule has 1 aliphatic carbocycles. The van der Waals surface area contributed by atoms with E-state index in [1.807, 2.05) is 6.07 Å². The zero-order valence-corrected chi connectivity index (χ0v) is 11.5. The largest absolute Gasteiger partial charge is 0.371 e. The minimum absolute atomic E-state index is 0.0768. The zero-order valence-electron chi connectivity index (χ0n) is 11.5. The first-order valence-corrected chi connectivity index (χ1v) is 7.10. The number of Topliss-reactive ketones (excluding diaryl/α,β-unsaturated/α-hetero) is 1. The number of hydrogen-bond acceptors (Lipinski definition) is 4. The van der Waals surface area contributed by atoms with E-state index < -0.39 is 4.92 Å². The molecule has 2 fully saturated rings. The molecule has 5 nitrogen and oxygen atoms in total. The van der Waals surface area contributed by atoms with Gasteiger partial charge in [-0.05, 0) is 43.7 Å². The summed E-state index contributed by atoms with van der Waals surface area (Å²) < 4.78 is 0. The molecule has 1 heterocycles. The maximum absolute atomic E-state index is 11.4. The van der Waals surface area contributed by atoms with E-state index in [0.29, 0.717) is 0 Å². The van der Waals surface area contributed by atoms with E-state index in [0.717, 1.165) is 30.6 Å². The van der Waals surface area contributed by atoms with Gasteiger partial charge in [0.25, 0.3) is 5.69 Å². The second-order valence-corrected chi connectivity index (χ2v) is 5.87. The monoisotopic (exact) mass is 274 g/mol. The van der Waals surface area contributed by atoms with Crippen molar-refractivity contribution in [3.63, 3.8) is 0 Å². The number of benzene rings is 1. The molecule has 2 aliphatic rings. The third kappa shape index (κ3) is 2.17. The van der Waals surface area contributed by atoms with Crippen molar-refractivity contribution in [1.82, 2.24) is 0 Å². The fourth-order valence-electron chi connectivity index (χ4n) is 3.61. The first kappa shape index (κ1) is 13.1. The van der Waals surface area contributed by atoms with Gasteiger partial charge in [-0.3, -0.25) is 14.9 Å². The van der Waals surface area contributed by atoms with Gasteiger partial charge in [-0.1, -0.05) is 6.42 Å². The Hall–Kier alpha value is -1.91. The Kier molecular flexibility index (Phi) is 3.20. The number of carbonyl (C=O) groups excluding carboxylic acids is 1.